The number of carbonyl (C=O) groups is 1. The first kappa shape index (κ1) is 18.6. The summed E-state index contributed by atoms with van der Waals surface area (Å²) < 4.78 is 38.6. The molecule has 1 amide bonds. The van der Waals surface area contributed by atoms with Gasteiger partial charge in [-0.15, -0.1) is 0 Å². The van der Waals surface area contributed by atoms with Gasteiger partial charge in [-0.1, -0.05) is 13.8 Å². The van der Waals surface area contributed by atoms with Gasteiger partial charge in [0, 0.05) is 6.20 Å². The molecule has 0 aromatic carbocycles. The maximum atomic E-state index is 13.2. The number of rotatable bonds is 3. The molecule has 0 saturated heterocycles. The first-order valence-electron chi connectivity index (χ1n) is 9.49. The molecule has 0 aliphatic heterocycles. The van der Waals surface area contributed by atoms with Crippen molar-refractivity contribution in [2.24, 2.45) is 22.2 Å². The molecule has 4 atom stereocenters. The average Bonchev–Trinajstić information content (AvgIpc) is 2.46. The molecule has 2 unspecified atom stereocenters. The van der Waals surface area contributed by atoms with Crippen LogP contribution in [0.2, 0.25) is 0 Å². The van der Waals surface area contributed by atoms with Crippen LogP contribution in [0.4, 0.5) is 18.9 Å². The number of carbonyl (C=O) groups excluding carboxylic acids is 1. The Hall–Kier alpha value is -1.79. The summed E-state index contributed by atoms with van der Waals surface area (Å²) in [6, 6.07) is 2.75. The molecule has 7 heteroatoms. The first-order chi connectivity index (χ1) is 12.4. The number of alkyl halides is 3. The van der Waals surface area contributed by atoms with E-state index in [1.807, 2.05) is 0 Å². The summed E-state index contributed by atoms with van der Waals surface area (Å²) in [4.78, 5) is 25.6. The monoisotopic (exact) mass is 382 g/mol. The number of nitrogens with zero attached hydrogens (tertiary/aromatic N) is 1. The summed E-state index contributed by atoms with van der Waals surface area (Å²) in [6.07, 6.45) is 2.41. The van der Waals surface area contributed by atoms with Gasteiger partial charge in [-0.25, -0.2) is 0 Å². The van der Waals surface area contributed by atoms with Crippen molar-refractivity contribution in [2.45, 2.75) is 65.1 Å². The largest absolute Gasteiger partial charge is 0.406 e. The SMILES string of the molecule is C[C@]12CC3CC(C(=O)Nc4cccn(CC(F)(F)F)c4=O)(C1)C[C@@](C)(C3)C2. The van der Waals surface area contributed by atoms with Crippen LogP contribution in [0.5, 0.6) is 0 Å². The molecular formula is C20H25F3N2O2. The van der Waals surface area contributed by atoms with E-state index in [9.17, 15) is 22.8 Å². The maximum Gasteiger partial charge on any atom is 0.406 e. The number of amides is 1. The molecule has 148 valence electrons. The fraction of sp³-hybridized carbons (Fsp3) is 0.700. The lowest BCUT2D eigenvalue weighted by Crippen LogP contribution is -2.59. The molecule has 4 aliphatic carbocycles. The van der Waals surface area contributed by atoms with E-state index in [1.54, 1.807) is 0 Å². The molecule has 1 aromatic heterocycles. The Labute approximate surface area is 156 Å². The number of pyridine rings is 1. The highest BCUT2D eigenvalue weighted by molar-refractivity contribution is 5.95. The van der Waals surface area contributed by atoms with Crippen molar-refractivity contribution in [1.82, 2.24) is 4.57 Å². The van der Waals surface area contributed by atoms with Gasteiger partial charge < -0.3 is 9.88 Å². The lowest BCUT2D eigenvalue weighted by Gasteiger charge is -2.64. The number of halogens is 3. The third-order valence-corrected chi connectivity index (χ3v) is 6.73. The van der Waals surface area contributed by atoms with E-state index in [0.29, 0.717) is 10.5 Å². The molecular weight excluding hydrogens is 357 g/mol. The van der Waals surface area contributed by atoms with Gasteiger partial charge in [-0.05, 0) is 67.4 Å². The Morgan fingerprint density at radius 2 is 1.81 bits per heavy atom. The second-order valence-corrected chi connectivity index (χ2v) is 9.83. The molecule has 1 N–H and O–H groups in total. The van der Waals surface area contributed by atoms with Crippen LogP contribution in [0, 0.1) is 22.2 Å². The van der Waals surface area contributed by atoms with Crippen molar-refractivity contribution in [3.63, 3.8) is 0 Å². The van der Waals surface area contributed by atoms with Crippen LogP contribution < -0.4 is 10.9 Å². The fourth-order valence-corrected chi connectivity index (χ4v) is 6.91. The quantitative estimate of drug-likeness (QED) is 0.845. The molecule has 5 rings (SSSR count). The molecule has 4 nitrogen and oxygen atoms in total. The first-order valence-corrected chi connectivity index (χ1v) is 9.49. The van der Waals surface area contributed by atoms with Gasteiger partial charge in [0.2, 0.25) is 5.91 Å². The Morgan fingerprint density at radius 1 is 1.19 bits per heavy atom. The Morgan fingerprint density at radius 3 is 2.37 bits per heavy atom. The van der Waals surface area contributed by atoms with Gasteiger partial charge in [0.15, 0.2) is 0 Å². The molecule has 4 fully saturated rings. The van der Waals surface area contributed by atoms with Crippen LogP contribution in [0.1, 0.15) is 52.4 Å². The van der Waals surface area contributed by atoms with Gasteiger partial charge in [0.1, 0.15) is 12.2 Å². The standard InChI is InChI=1S/C20H25F3N2O2/c1-17-6-13-7-18(2,9-17)11-19(8-13,10-17)16(27)24-14-4-3-5-25(15(14)26)12-20(21,22)23/h3-5,13H,6-12H2,1-2H3,(H,24,27)/t13?,17-,18+,19?. The van der Waals surface area contributed by atoms with Crippen LogP contribution in [0.3, 0.4) is 0 Å². The smallest absolute Gasteiger partial charge is 0.321 e. The number of hydrogen-bond donors (Lipinski definition) is 1. The summed E-state index contributed by atoms with van der Waals surface area (Å²) in [5.41, 5.74) is -1.12. The summed E-state index contributed by atoms with van der Waals surface area (Å²) in [5, 5.41) is 2.69. The normalized spacial score (nSPS) is 37.4. The van der Waals surface area contributed by atoms with Gasteiger partial charge in [0.25, 0.3) is 5.56 Å². The molecule has 4 saturated carbocycles. The van der Waals surface area contributed by atoms with Gasteiger partial charge in [0.05, 0.1) is 5.41 Å². The van der Waals surface area contributed by atoms with Crippen molar-refractivity contribution in [1.29, 1.82) is 0 Å². The molecule has 4 bridgehead atoms. The van der Waals surface area contributed by atoms with E-state index in [1.165, 1.54) is 12.1 Å². The Balaban J connectivity index is 1.60. The topological polar surface area (TPSA) is 51.1 Å². The summed E-state index contributed by atoms with van der Waals surface area (Å²) in [7, 11) is 0. The molecule has 0 radical (unpaired) electrons. The Kier molecular flexibility index (Phi) is 3.86. The van der Waals surface area contributed by atoms with E-state index in [-0.39, 0.29) is 22.4 Å². The predicted octanol–water partition coefficient (Wildman–Crippen LogP) is 4.35. The highest BCUT2D eigenvalue weighted by Gasteiger charge is 2.62. The maximum absolute atomic E-state index is 13.2. The zero-order valence-corrected chi connectivity index (χ0v) is 15.7. The molecule has 4 aliphatic rings. The predicted molar refractivity (Wildman–Crippen MR) is 95.2 cm³/mol. The van der Waals surface area contributed by atoms with Crippen molar-refractivity contribution < 1.29 is 18.0 Å². The van der Waals surface area contributed by atoms with E-state index in [0.717, 1.165) is 44.7 Å². The van der Waals surface area contributed by atoms with Crippen molar-refractivity contribution in [2.75, 3.05) is 5.32 Å². The number of aromatic nitrogens is 1. The van der Waals surface area contributed by atoms with E-state index < -0.39 is 23.7 Å². The van der Waals surface area contributed by atoms with E-state index >= 15 is 0 Å². The molecule has 27 heavy (non-hydrogen) atoms. The van der Waals surface area contributed by atoms with E-state index in [2.05, 4.69) is 19.2 Å². The Bertz CT molecular complexity index is 826. The number of hydrogen-bond acceptors (Lipinski definition) is 2. The third-order valence-electron chi connectivity index (χ3n) is 6.73. The van der Waals surface area contributed by atoms with E-state index in [4.69, 9.17) is 0 Å². The number of nitrogens with one attached hydrogen (secondary N) is 1. The van der Waals surface area contributed by atoms with Crippen LogP contribution in [0.15, 0.2) is 23.1 Å². The zero-order chi connectivity index (χ0) is 19.7. The lowest BCUT2D eigenvalue weighted by atomic mass is 9.40. The summed E-state index contributed by atoms with van der Waals surface area (Å²) >= 11 is 0. The minimum atomic E-state index is -4.49. The zero-order valence-electron chi connectivity index (χ0n) is 15.7. The highest BCUT2D eigenvalue weighted by Crippen LogP contribution is 2.69. The van der Waals surface area contributed by atoms with Crippen molar-refractivity contribution >= 4 is 11.6 Å². The molecule has 1 aromatic rings. The van der Waals surface area contributed by atoms with Crippen LogP contribution >= 0.6 is 0 Å². The molecule has 1 heterocycles. The second kappa shape index (κ2) is 5.61. The minimum absolute atomic E-state index is 0.0715. The van der Waals surface area contributed by atoms with Crippen LogP contribution in [0.25, 0.3) is 0 Å². The fourth-order valence-electron chi connectivity index (χ4n) is 6.91. The highest BCUT2D eigenvalue weighted by atomic mass is 19.4. The second-order valence-electron chi connectivity index (χ2n) is 9.83. The van der Waals surface area contributed by atoms with Crippen LogP contribution in [-0.4, -0.2) is 16.7 Å². The van der Waals surface area contributed by atoms with Gasteiger partial charge in [-0.3, -0.25) is 9.59 Å². The van der Waals surface area contributed by atoms with Gasteiger partial charge >= 0.3 is 6.18 Å². The molecule has 0 spiro atoms. The van der Waals surface area contributed by atoms with Crippen molar-refractivity contribution in [3.05, 3.63) is 28.7 Å². The van der Waals surface area contributed by atoms with Crippen LogP contribution in [-0.2, 0) is 11.3 Å². The summed E-state index contributed by atoms with van der Waals surface area (Å²) in [6.45, 7) is 3.13. The number of anilines is 1. The third kappa shape index (κ3) is 3.29. The lowest BCUT2D eigenvalue weighted by molar-refractivity contribution is -0.165. The minimum Gasteiger partial charge on any atom is -0.321 e. The summed E-state index contributed by atoms with van der Waals surface area (Å²) in [5.74, 6) is 0.311. The average molecular weight is 382 g/mol. The van der Waals surface area contributed by atoms with Crippen molar-refractivity contribution in [3.8, 4) is 0 Å². The van der Waals surface area contributed by atoms with Gasteiger partial charge in [-0.2, -0.15) is 13.2 Å².